The van der Waals surface area contributed by atoms with E-state index in [4.69, 9.17) is 4.74 Å². The summed E-state index contributed by atoms with van der Waals surface area (Å²) in [4.78, 5) is 16.8. The summed E-state index contributed by atoms with van der Waals surface area (Å²) in [6.07, 6.45) is 5.94. The maximum Gasteiger partial charge on any atom is 0.249 e. The Morgan fingerprint density at radius 1 is 1.48 bits per heavy atom. The first kappa shape index (κ1) is 15.7. The van der Waals surface area contributed by atoms with Crippen LogP contribution >= 0.6 is 0 Å². The Hall–Kier alpha value is -2.21. The largest absolute Gasteiger partial charge is 0.368 e. The molecule has 0 aliphatic carbocycles. The zero-order valence-electron chi connectivity index (χ0n) is 13.5. The summed E-state index contributed by atoms with van der Waals surface area (Å²) < 4.78 is 7.49. The summed E-state index contributed by atoms with van der Waals surface area (Å²) in [5.74, 6) is 0.0865. The van der Waals surface area contributed by atoms with Crippen LogP contribution in [0, 0.1) is 19.8 Å². The van der Waals surface area contributed by atoms with E-state index >= 15 is 0 Å². The van der Waals surface area contributed by atoms with Gasteiger partial charge in [-0.3, -0.25) is 14.5 Å². The molecule has 0 aromatic carbocycles. The van der Waals surface area contributed by atoms with E-state index in [1.165, 1.54) is 0 Å². The standard InChI is InChI=1S/C17H22N4O2/c1-12-8-13(2)15(18-9-12)10-19-17(22)16-14(4-7-23-16)11-21-6-3-5-20-21/h3,5-6,8-9,14,16H,4,7,10-11H2,1-2H3,(H,19,22)/t14-,16-/m0/s1. The van der Waals surface area contributed by atoms with Crippen molar-refractivity contribution in [2.75, 3.05) is 6.61 Å². The van der Waals surface area contributed by atoms with Crippen molar-refractivity contribution in [2.45, 2.75) is 39.5 Å². The molecule has 0 unspecified atom stereocenters. The van der Waals surface area contributed by atoms with Crippen LogP contribution in [-0.2, 0) is 22.6 Å². The Kier molecular flexibility index (Phi) is 4.71. The number of carbonyl (C=O) groups is 1. The summed E-state index contributed by atoms with van der Waals surface area (Å²) >= 11 is 0. The van der Waals surface area contributed by atoms with Crippen LogP contribution in [0.2, 0.25) is 0 Å². The molecule has 1 N–H and O–H groups in total. The lowest BCUT2D eigenvalue weighted by Gasteiger charge is -2.18. The second kappa shape index (κ2) is 6.91. The van der Waals surface area contributed by atoms with Crippen molar-refractivity contribution < 1.29 is 9.53 Å². The quantitative estimate of drug-likeness (QED) is 0.910. The van der Waals surface area contributed by atoms with Gasteiger partial charge in [0, 0.05) is 37.7 Å². The number of hydrogen-bond acceptors (Lipinski definition) is 4. The molecule has 3 heterocycles. The van der Waals surface area contributed by atoms with Gasteiger partial charge in [0.1, 0.15) is 6.10 Å². The number of amides is 1. The van der Waals surface area contributed by atoms with Crippen molar-refractivity contribution in [2.24, 2.45) is 5.92 Å². The number of ether oxygens (including phenoxy) is 1. The third-order valence-electron chi connectivity index (χ3n) is 4.21. The lowest BCUT2D eigenvalue weighted by atomic mass is 10.0. The maximum atomic E-state index is 12.4. The van der Waals surface area contributed by atoms with Gasteiger partial charge < -0.3 is 10.1 Å². The Labute approximate surface area is 135 Å². The number of nitrogens with zero attached hydrogens (tertiary/aromatic N) is 3. The van der Waals surface area contributed by atoms with Crippen molar-refractivity contribution in [1.29, 1.82) is 0 Å². The number of hydrogen-bond donors (Lipinski definition) is 1. The van der Waals surface area contributed by atoms with Crippen LogP contribution in [0.5, 0.6) is 0 Å². The predicted octanol–water partition coefficient (Wildman–Crippen LogP) is 1.62. The zero-order chi connectivity index (χ0) is 16.2. The molecule has 1 fully saturated rings. The molecule has 6 heteroatoms. The number of carbonyl (C=O) groups excluding carboxylic acids is 1. The third kappa shape index (κ3) is 3.76. The molecular weight excluding hydrogens is 292 g/mol. The lowest BCUT2D eigenvalue weighted by Crippen LogP contribution is -2.39. The summed E-state index contributed by atoms with van der Waals surface area (Å²) in [6, 6.07) is 3.96. The Morgan fingerprint density at radius 3 is 3.09 bits per heavy atom. The lowest BCUT2D eigenvalue weighted by molar-refractivity contribution is -0.132. The molecule has 2 atom stereocenters. The highest BCUT2D eigenvalue weighted by atomic mass is 16.5. The van der Waals surface area contributed by atoms with Gasteiger partial charge in [-0.1, -0.05) is 6.07 Å². The minimum atomic E-state index is -0.412. The molecule has 0 bridgehead atoms. The maximum absolute atomic E-state index is 12.4. The summed E-state index contributed by atoms with van der Waals surface area (Å²) in [5.41, 5.74) is 3.10. The molecule has 1 saturated heterocycles. The van der Waals surface area contributed by atoms with Gasteiger partial charge in [0.15, 0.2) is 0 Å². The van der Waals surface area contributed by atoms with Crippen LogP contribution in [0.3, 0.4) is 0 Å². The van der Waals surface area contributed by atoms with E-state index in [0.29, 0.717) is 19.7 Å². The Morgan fingerprint density at radius 2 is 2.35 bits per heavy atom. The van der Waals surface area contributed by atoms with Gasteiger partial charge in [0.05, 0.1) is 12.2 Å². The van der Waals surface area contributed by atoms with Crippen molar-refractivity contribution in [3.8, 4) is 0 Å². The van der Waals surface area contributed by atoms with Crippen molar-refractivity contribution in [1.82, 2.24) is 20.1 Å². The van der Waals surface area contributed by atoms with E-state index < -0.39 is 6.10 Å². The molecular formula is C17H22N4O2. The molecule has 0 radical (unpaired) electrons. The molecule has 0 saturated carbocycles. The molecule has 1 amide bonds. The SMILES string of the molecule is Cc1cnc(CNC(=O)[C@H]2OCC[C@H]2Cn2cccn2)c(C)c1. The average Bonchev–Trinajstić information content (AvgIpc) is 3.18. The fourth-order valence-corrected chi connectivity index (χ4v) is 2.96. The van der Waals surface area contributed by atoms with E-state index in [1.54, 1.807) is 6.20 Å². The predicted molar refractivity (Wildman–Crippen MR) is 85.6 cm³/mol. The topological polar surface area (TPSA) is 69.0 Å². The fourth-order valence-electron chi connectivity index (χ4n) is 2.96. The van der Waals surface area contributed by atoms with Gasteiger partial charge in [0.25, 0.3) is 0 Å². The molecule has 2 aromatic heterocycles. The monoisotopic (exact) mass is 314 g/mol. The molecule has 122 valence electrons. The van der Waals surface area contributed by atoms with Crippen LogP contribution in [0.4, 0.5) is 0 Å². The van der Waals surface area contributed by atoms with E-state index in [-0.39, 0.29) is 11.8 Å². The van der Waals surface area contributed by atoms with E-state index in [0.717, 1.165) is 23.2 Å². The first-order valence-electron chi connectivity index (χ1n) is 7.92. The van der Waals surface area contributed by atoms with E-state index in [2.05, 4.69) is 21.5 Å². The van der Waals surface area contributed by atoms with Gasteiger partial charge in [-0.15, -0.1) is 0 Å². The number of nitrogens with one attached hydrogen (secondary N) is 1. The van der Waals surface area contributed by atoms with E-state index in [9.17, 15) is 4.79 Å². The number of aromatic nitrogens is 3. The minimum absolute atomic E-state index is 0.0681. The molecule has 2 aromatic rings. The summed E-state index contributed by atoms with van der Waals surface area (Å²) in [6.45, 7) is 5.76. The normalized spacial score (nSPS) is 20.6. The van der Waals surface area contributed by atoms with Gasteiger partial charge >= 0.3 is 0 Å². The molecule has 23 heavy (non-hydrogen) atoms. The number of aryl methyl sites for hydroxylation is 2. The Bertz CT molecular complexity index is 669. The third-order valence-corrected chi connectivity index (χ3v) is 4.21. The van der Waals surface area contributed by atoms with Crippen molar-refractivity contribution in [3.05, 3.63) is 47.5 Å². The van der Waals surface area contributed by atoms with Crippen LogP contribution in [0.15, 0.2) is 30.7 Å². The molecule has 3 rings (SSSR count). The molecule has 0 spiro atoms. The first-order valence-corrected chi connectivity index (χ1v) is 7.92. The Balaban J connectivity index is 1.58. The van der Waals surface area contributed by atoms with Crippen LogP contribution < -0.4 is 5.32 Å². The minimum Gasteiger partial charge on any atom is -0.368 e. The number of pyridine rings is 1. The fraction of sp³-hybridized carbons (Fsp3) is 0.471. The van der Waals surface area contributed by atoms with Crippen molar-refractivity contribution in [3.63, 3.8) is 0 Å². The highest BCUT2D eigenvalue weighted by Gasteiger charge is 2.34. The van der Waals surface area contributed by atoms with Crippen LogP contribution in [0.1, 0.15) is 23.2 Å². The molecule has 1 aliphatic heterocycles. The summed E-state index contributed by atoms with van der Waals surface area (Å²) in [5, 5.41) is 7.16. The second-order valence-corrected chi connectivity index (χ2v) is 6.06. The highest BCUT2D eigenvalue weighted by Crippen LogP contribution is 2.23. The summed E-state index contributed by atoms with van der Waals surface area (Å²) in [7, 11) is 0. The first-order chi connectivity index (χ1) is 11.1. The van der Waals surface area contributed by atoms with Crippen LogP contribution in [-0.4, -0.2) is 33.4 Å². The van der Waals surface area contributed by atoms with E-state index in [1.807, 2.05) is 37.0 Å². The zero-order valence-corrected chi connectivity index (χ0v) is 13.5. The van der Waals surface area contributed by atoms with Gasteiger partial charge in [-0.25, -0.2) is 0 Å². The average molecular weight is 314 g/mol. The smallest absolute Gasteiger partial charge is 0.249 e. The van der Waals surface area contributed by atoms with Crippen LogP contribution in [0.25, 0.3) is 0 Å². The van der Waals surface area contributed by atoms with Gasteiger partial charge in [0.2, 0.25) is 5.91 Å². The second-order valence-electron chi connectivity index (χ2n) is 6.06. The van der Waals surface area contributed by atoms with Crippen molar-refractivity contribution >= 4 is 5.91 Å². The van der Waals surface area contributed by atoms with Gasteiger partial charge in [-0.2, -0.15) is 5.10 Å². The molecule has 1 aliphatic rings. The molecule has 6 nitrogen and oxygen atoms in total. The highest BCUT2D eigenvalue weighted by molar-refractivity contribution is 5.81. The number of rotatable bonds is 5. The van der Waals surface area contributed by atoms with Gasteiger partial charge in [-0.05, 0) is 37.5 Å².